The minimum atomic E-state index is 0.177. The first-order valence-electron chi connectivity index (χ1n) is 6.08. The van der Waals surface area contributed by atoms with E-state index in [0.717, 1.165) is 5.56 Å². The molecule has 0 atom stereocenters. The fraction of sp³-hybridized carbons (Fsp3) is 0.143. The second-order valence-electron chi connectivity index (χ2n) is 4.31. The van der Waals surface area contributed by atoms with E-state index in [1.165, 1.54) is 0 Å². The van der Waals surface area contributed by atoms with Crippen LogP contribution in [0, 0.1) is 6.92 Å². The fourth-order valence-corrected chi connectivity index (χ4v) is 1.76. The third-order valence-electron chi connectivity index (χ3n) is 2.75. The fourth-order valence-electron chi connectivity index (χ4n) is 1.76. The van der Waals surface area contributed by atoms with E-state index < -0.39 is 0 Å². The minimum Gasteiger partial charge on any atom is -0.484 e. The molecular weight excluding hydrogens is 258 g/mol. The van der Waals surface area contributed by atoms with Gasteiger partial charge in [0.2, 0.25) is 5.82 Å². The summed E-state index contributed by atoms with van der Waals surface area (Å²) in [5.74, 6) is 2.04. The van der Waals surface area contributed by atoms with Crippen molar-refractivity contribution in [2.24, 2.45) is 0 Å². The van der Waals surface area contributed by atoms with Crippen molar-refractivity contribution >= 4 is 5.69 Å². The Hall–Kier alpha value is -2.76. The van der Waals surface area contributed by atoms with Gasteiger partial charge in [0.05, 0.1) is 6.26 Å². The minimum absolute atomic E-state index is 0.177. The van der Waals surface area contributed by atoms with Crippen LogP contribution in [-0.2, 0) is 6.61 Å². The Balaban J connectivity index is 1.70. The molecule has 0 radical (unpaired) electrons. The molecular formula is C14H13N3O3. The zero-order valence-corrected chi connectivity index (χ0v) is 10.9. The van der Waals surface area contributed by atoms with E-state index in [4.69, 9.17) is 19.4 Å². The molecule has 3 aromatic rings. The molecule has 0 saturated carbocycles. The highest BCUT2D eigenvalue weighted by Gasteiger charge is 2.14. The predicted octanol–water partition coefficient (Wildman–Crippen LogP) is 2.80. The predicted molar refractivity (Wildman–Crippen MR) is 71.9 cm³/mol. The third-order valence-corrected chi connectivity index (χ3v) is 2.75. The van der Waals surface area contributed by atoms with E-state index in [9.17, 15) is 0 Å². The van der Waals surface area contributed by atoms with Crippen molar-refractivity contribution in [2.75, 3.05) is 5.73 Å². The molecule has 0 amide bonds. The smallest absolute Gasteiger partial charge is 0.264 e. The van der Waals surface area contributed by atoms with Crippen LogP contribution in [-0.4, -0.2) is 10.1 Å². The van der Waals surface area contributed by atoms with E-state index >= 15 is 0 Å². The lowest BCUT2D eigenvalue weighted by Crippen LogP contribution is -1.96. The highest BCUT2D eigenvalue weighted by atomic mass is 16.5. The van der Waals surface area contributed by atoms with Gasteiger partial charge >= 0.3 is 0 Å². The van der Waals surface area contributed by atoms with E-state index in [-0.39, 0.29) is 6.61 Å². The Morgan fingerprint density at radius 3 is 2.95 bits per heavy atom. The van der Waals surface area contributed by atoms with Crippen LogP contribution in [0.3, 0.4) is 0 Å². The third kappa shape index (κ3) is 2.49. The Kier molecular flexibility index (Phi) is 3.12. The van der Waals surface area contributed by atoms with Crippen LogP contribution in [0.15, 0.2) is 45.5 Å². The lowest BCUT2D eigenvalue weighted by molar-refractivity contribution is 0.243. The van der Waals surface area contributed by atoms with Crippen LogP contribution >= 0.6 is 0 Å². The average Bonchev–Trinajstić information content (AvgIpc) is 3.05. The van der Waals surface area contributed by atoms with E-state index in [1.807, 2.05) is 25.1 Å². The summed E-state index contributed by atoms with van der Waals surface area (Å²) in [6, 6.07) is 8.99. The van der Waals surface area contributed by atoms with Crippen LogP contribution in [0.25, 0.3) is 11.6 Å². The van der Waals surface area contributed by atoms with Crippen molar-refractivity contribution in [1.29, 1.82) is 0 Å². The van der Waals surface area contributed by atoms with Gasteiger partial charge in [0.15, 0.2) is 12.4 Å². The zero-order valence-electron chi connectivity index (χ0n) is 10.9. The Morgan fingerprint density at radius 2 is 2.20 bits per heavy atom. The molecule has 0 saturated heterocycles. The van der Waals surface area contributed by atoms with Crippen molar-refractivity contribution in [1.82, 2.24) is 10.1 Å². The largest absolute Gasteiger partial charge is 0.484 e. The molecule has 102 valence electrons. The maximum absolute atomic E-state index is 5.67. The molecule has 6 heteroatoms. The van der Waals surface area contributed by atoms with Crippen molar-refractivity contribution in [3.63, 3.8) is 0 Å². The maximum Gasteiger partial charge on any atom is 0.264 e. The molecule has 1 aromatic carbocycles. The first kappa shape index (κ1) is 12.3. The number of hydrogen-bond donors (Lipinski definition) is 1. The van der Waals surface area contributed by atoms with Crippen LogP contribution in [0.4, 0.5) is 5.69 Å². The molecule has 2 heterocycles. The summed E-state index contributed by atoms with van der Waals surface area (Å²) in [5, 5.41) is 3.86. The lowest BCUT2D eigenvalue weighted by atomic mass is 10.3. The molecule has 0 bridgehead atoms. The second kappa shape index (κ2) is 5.08. The summed E-state index contributed by atoms with van der Waals surface area (Å²) < 4.78 is 15.9. The molecule has 6 nitrogen and oxygen atoms in total. The van der Waals surface area contributed by atoms with Crippen molar-refractivity contribution in [2.45, 2.75) is 13.5 Å². The maximum atomic E-state index is 5.67. The number of nitrogen functional groups attached to an aromatic ring is 1. The molecule has 3 rings (SSSR count). The van der Waals surface area contributed by atoms with Gasteiger partial charge in [0.25, 0.3) is 5.89 Å². The molecule has 2 aromatic heterocycles. The summed E-state index contributed by atoms with van der Waals surface area (Å²) >= 11 is 0. The number of ether oxygens (including phenoxy) is 1. The normalized spacial score (nSPS) is 10.7. The number of benzene rings is 1. The second-order valence-corrected chi connectivity index (χ2v) is 4.31. The number of nitrogens with zero attached hydrogens (tertiary/aromatic N) is 2. The molecule has 0 aliphatic rings. The van der Waals surface area contributed by atoms with Crippen molar-refractivity contribution < 1.29 is 13.7 Å². The van der Waals surface area contributed by atoms with Gasteiger partial charge in [0.1, 0.15) is 5.75 Å². The molecule has 0 aliphatic carbocycles. The van der Waals surface area contributed by atoms with E-state index in [0.29, 0.717) is 28.9 Å². The van der Waals surface area contributed by atoms with Crippen LogP contribution in [0.2, 0.25) is 0 Å². The van der Waals surface area contributed by atoms with Gasteiger partial charge in [-0.05, 0) is 30.7 Å². The molecule has 0 fully saturated rings. The van der Waals surface area contributed by atoms with Gasteiger partial charge in [-0.25, -0.2) is 0 Å². The summed E-state index contributed by atoms with van der Waals surface area (Å²) in [6.45, 7) is 2.09. The molecule has 0 spiro atoms. The van der Waals surface area contributed by atoms with E-state index in [1.54, 1.807) is 18.4 Å². The lowest BCUT2D eigenvalue weighted by Gasteiger charge is -2.02. The van der Waals surface area contributed by atoms with Crippen molar-refractivity contribution in [3.8, 4) is 17.3 Å². The number of aryl methyl sites for hydroxylation is 1. The van der Waals surface area contributed by atoms with Gasteiger partial charge in [-0.1, -0.05) is 11.2 Å². The highest BCUT2D eigenvalue weighted by Crippen LogP contribution is 2.21. The number of rotatable bonds is 4. The molecule has 0 aliphatic heterocycles. The van der Waals surface area contributed by atoms with Gasteiger partial charge in [-0.15, -0.1) is 0 Å². The zero-order chi connectivity index (χ0) is 13.9. The Morgan fingerprint density at radius 1 is 1.30 bits per heavy atom. The van der Waals surface area contributed by atoms with Gasteiger partial charge in [-0.3, -0.25) is 0 Å². The summed E-state index contributed by atoms with van der Waals surface area (Å²) in [7, 11) is 0. The number of aromatic nitrogens is 2. The van der Waals surface area contributed by atoms with E-state index in [2.05, 4.69) is 10.1 Å². The Bertz CT molecular complexity index is 718. The van der Waals surface area contributed by atoms with Crippen LogP contribution < -0.4 is 10.5 Å². The summed E-state index contributed by atoms with van der Waals surface area (Å²) in [6.07, 6.45) is 1.59. The van der Waals surface area contributed by atoms with Crippen LogP contribution in [0.1, 0.15) is 11.5 Å². The summed E-state index contributed by atoms with van der Waals surface area (Å²) in [5.41, 5.74) is 7.26. The van der Waals surface area contributed by atoms with Crippen LogP contribution in [0.5, 0.6) is 5.75 Å². The Labute approximate surface area is 115 Å². The quantitative estimate of drug-likeness (QED) is 0.734. The first-order chi connectivity index (χ1) is 9.72. The number of furan rings is 1. The van der Waals surface area contributed by atoms with Gasteiger partial charge in [0, 0.05) is 11.8 Å². The monoisotopic (exact) mass is 271 g/mol. The first-order valence-corrected chi connectivity index (χ1v) is 6.08. The van der Waals surface area contributed by atoms with Gasteiger partial charge < -0.3 is 19.4 Å². The number of nitrogens with two attached hydrogens (primary N) is 1. The molecule has 0 unspecified atom stereocenters. The average molecular weight is 271 g/mol. The SMILES string of the molecule is Cc1ccoc1-c1noc(COc2cccc(N)c2)n1. The van der Waals surface area contributed by atoms with Gasteiger partial charge in [-0.2, -0.15) is 4.98 Å². The standard InChI is InChI=1S/C14H13N3O3/c1-9-5-6-18-13(9)14-16-12(20-17-14)8-19-11-4-2-3-10(15)7-11/h2-7H,8,15H2,1H3. The van der Waals surface area contributed by atoms with Crippen molar-refractivity contribution in [3.05, 3.63) is 48.0 Å². The number of hydrogen-bond acceptors (Lipinski definition) is 6. The molecule has 2 N–H and O–H groups in total. The summed E-state index contributed by atoms with van der Waals surface area (Å²) in [4.78, 5) is 4.22. The molecule has 20 heavy (non-hydrogen) atoms. The topological polar surface area (TPSA) is 87.3 Å². The number of anilines is 1. The highest BCUT2D eigenvalue weighted by molar-refractivity contribution is 5.51.